The van der Waals surface area contributed by atoms with Crippen molar-refractivity contribution in [3.05, 3.63) is 71.0 Å². The van der Waals surface area contributed by atoms with Gasteiger partial charge in [0.05, 0.1) is 15.4 Å². The molecule has 0 saturated heterocycles. The molecule has 0 aliphatic rings. The van der Waals surface area contributed by atoms with E-state index >= 15 is 0 Å². The van der Waals surface area contributed by atoms with Crippen LogP contribution < -0.4 is 15.2 Å². The van der Waals surface area contributed by atoms with Crippen LogP contribution in [-0.4, -0.2) is 28.4 Å². The van der Waals surface area contributed by atoms with E-state index in [0.717, 1.165) is 27.5 Å². The maximum atomic E-state index is 12.1. The van der Waals surface area contributed by atoms with Crippen LogP contribution in [-0.2, 0) is 13.6 Å². The number of benzene rings is 1. The minimum Gasteiger partial charge on any atom is -0.360 e. The van der Waals surface area contributed by atoms with Gasteiger partial charge in [-0.25, -0.2) is 15.0 Å². The van der Waals surface area contributed by atoms with Gasteiger partial charge in [0.25, 0.3) is 11.4 Å². The maximum Gasteiger partial charge on any atom is 0.279 e. The van der Waals surface area contributed by atoms with Crippen molar-refractivity contribution in [2.75, 3.05) is 10.6 Å². The summed E-state index contributed by atoms with van der Waals surface area (Å²) < 4.78 is 1.86. The molecule has 0 fully saturated rings. The summed E-state index contributed by atoms with van der Waals surface area (Å²) in [5, 5.41) is 7.66. The summed E-state index contributed by atoms with van der Waals surface area (Å²) in [7, 11) is 1.87. The zero-order valence-corrected chi connectivity index (χ0v) is 19.9. The molecule has 172 valence electrons. The lowest BCUT2D eigenvalue weighted by atomic mass is 10.1. The molecule has 9 heteroatoms. The van der Waals surface area contributed by atoms with E-state index in [1.165, 1.54) is 17.7 Å². The minimum atomic E-state index is -0.429. The third kappa shape index (κ3) is 4.99. The maximum absolute atomic E-state index is 12.1. The molecule has 0 aliphatic heterocycles. The lowest BCUT2D eigenvalue weighted by Gasteiger charge is -2.10. The Hall–Kier alpha value is -3.98. The van der Waals surface area contributed by atoms with E-state index in [9.17, 15) is 9.59 Å². The molecule has 1 amide bonds. The highest BCUT2D eigenvalue weighted by Crippen LogP contribution is 2.27. The molecule has 0 aliphatic carbocycles. The van der Waals surface area contributed by atoms with Crippen molar-refractivity contribution < 1.29 is 14.2 Å². The number of pyridine rings is 1. The second kappa shape index (κ2) is 10.3. The normalized spacial score (nSPS) is 10.8. The third-order valence-electron chi connectivity index (χ3n) is 5.28. The molecule has 4 rings (SSSR count). The van der Waals surface area contributed by atoms with Crippen molar-refractivity contribution in [2.24, 2.45) is 12.0 Å². The summed E-state index contributed by atoms with van der Waals surface area (Å²) in [5.41, 5.74) is 3.57. The number of Topliss-reactive ketones (excluding diaryl/α,β-unsaturated/α-hetero) is 1. The van der Waals surface area contributed by atoms with Gasteiger partial charge in [0, 0.05) is 24.7 Å². The first-order chi connectivity index (χ1) is 16.5. The number of aromatic nitrogens is 3. The summed E-state index contributed by atoms with van der Waals surface area (Å²) in [6, 6.07) is 13.5. The summed E-state index contributed by atoms with van der Waals surface area (Å²) in [4.78, 5) is 37.2. The van der Waals surface area contributed by atoms with Crippen molar-refractivity contribution >= 4 is 57.3 Å². The van der Waals surface area contributed by atoms with Crippen molar-refractivity contribution in [1.82, 2.24) is 9.97 Å². The van der Waals surface area contributed by atoms with Gasteiger partial charge in [-0.2, -0.15) is 4.57 Å². The van der Waals surface area contributed by atoms with E-state index in [2.05, 4.69) is 32.3 Å². The van der Waals surface area contributed by atoms with Gasteiger partial charge in [0.1, 0.15) is 13.4 Å². The van der Waals surface area contributed by atoms with Crippen molar-refractivity contribution in [3.63, 3.8) is 0 Å². The molecule has 8 nitrogen and oxygen atoms in total. The second-order valence-electron chi connectivity index (χ2n) is 7.74. The fourth-order valence-electron chi connectivity index (χ4n) is 3.63. The van der Waals surface area contributed by atoms with Gasteiger partial charge in [0.15, 0.2) is 17.5 Å². The fourth-order valence-corrected chi connectivity index (χ4v) is 4.52. The number of anilines is 3. The monoisotopic (exact) mass is 473 g/mol. The molecule has 3 heterocycles. The van der Waals surface area contributed by atoms with Crippen LogP contribution in [0.15, 0.2) is 60.0 Å². The van der Waals surface area contributed by atoms with E-state index in [-0.39, 0.29) is 5.78 Å². The molecule has 1 aromatic carbocycles. The van der Waals surface area contributed by atoms with Crippen molar-refractivity contribution in [1.29, 1.82) is 0 Å². The number of rotatable bonds is 9. The largest absolute Gasteiger partial charge is 0.360 e. The van der Waals surface area contributed by atoms with Crippen LogP contribution in [0, 0.1) is 0 Å². The molecule has 0 bridgehead atoms. The standard InChI is InChI=1S/C25H24N6O2S/c1-4-6-19(32)20-9-10-21(34-20)30-17-8-5-7-16(13-17)14-27-24-23-22(28-15-29-24)18(25(33)26-2)11-12-31(23)3/h5,7-13,15H,2,4,6,14H2,1,3H3,(H-,27,28,29,30,32,33)/p+1. The Bertz CT molecular complexity index is 1380. The molecule has 3 aromatic heterocycles. The smallest absolute Gasteiger partial charge is 0.279 e. The van der Waals surface area contributed by atoms with E-state index in [1.54, 1.807) is 12.3 Å². The summed E-state index contributed by atoms with van der Waals surface area (Å²) in [5.74, 6) is 0.363. The van der Waals surface area contributed by atoms with Crippen LogP contribution >= 0.6 is 11.3 Å². The van der Waals surface area contributed by atoms with Crippen LogP contribution in [0.5, 0.6) is 0 Å². The zero-order valence-electron chi connectivity index (χ0n) is 19.0. The molecule has 0 saturated carbocycles. The Morgan fingerprint density at radius 3 is 2.82 bits per heavy atom. The highest BCUT2D eigenvalue weighted by atomic mass is 32.1. The number of ketones is 1. The number of thiophene rings is 1. The van der Waals surface area contributed by atoms with Crippen LogP contribution in [0.3, 0.4) is 0 Å². The highest BCUT2D eigenvalue weighted by molar-refractivity contribution is 7.18. The summed E-state index contributed by atoms with van der Waals surface area (Å²) in [6.45, 7) is 5.86. The number of aliphatic imine (C=N–C) groups is 1. The number of nitrogens with zero attached hydrogens (tertiary/aromatic N) is 4. The zero-order chi connectivity index (χ0) is 24.1. The molecule has 0 spiro atoms. The number of carbonyl (C=O) groups excluding carboxylic acids is 2. The van der Waals surface area contributed by atoms with E-state index in [1.807, 2.05) is 54.9 Å². The summed E-state index contributed by atoms with van der Waals surface area (Å²) in [6.07, 6.45) is 4.62. The fraction of sp³-hybridized carbons (Fsp3) is 0.200. The Morgan fingerprint density at radius 1 is 1.18 bits per heavy atom. The third-order valence-corrected chi connectivity index (χ3v) is 6.32. The number of amides is 1. The number of fused-ring (bicyclic) bond motifs is 1. The van der Waals surface area contributed by atoms with Gasteiger partial charge in [-0.05, 0) is 43.0 Å². The van der Waals surface area contributed by atoms with E-state index in [4.69, 9.17) is 0 Å². The average Bonchev–Trinajstić information content (AvgIpc) is 3.31. The molecule has 0 radical (unpaired) electrons. The van der Waals surface area contributed by atoms with Gasteiger partial charge in [-0.3, -0.25) is 9.59 Å². The second-order valence-corrected chi connectivity index (χ2v) is 8.82. The predicted molar refractivity (Wildman–Crippen MR) is 135 cm³/mol. The number of hydrogen-bond acceptors (Lipinski definition) is 7. The Kier molecular flexibility index (Phi) is 7.03. The van der Waals surface area contributed by atoms with Gasteiger partial charge >= 0.3 is 0 Å². The topological polar surface area (TPSA) is 100 Å². The van der Waals surface area contributed by atoms with Gasteiger partial charge in [-0.1, -0.05) is 19.1 Å². The van der Waals surface area contributed by atoms with Crippen LogP contribution in [0.2, 0.25) is 0 Å². The van der Waals surface area contributed by atoms with Crippen LogP contribution in [0.1, 0.15) is 45.4 Å². The van der Waals surface area contributed by atoms with Gasteiger partial charge in [0.2, 0.25) is 5.82 Å². The molecule has 34 heavy (non-hydrogen) atoms. The Labute approximate surface area is 201 Å². The number of carbonyl (C=O) groups is 2. The number of nitrogens with one attached hydrogen (secondary N) is 2. The minimum absolute atomic E-state index is 0.178. The average molecular weight is 474 g/mol. The highest BCUT2D eigenvalue weighted by Gasteiger charge is 2.20. The first kappa shape index (κ1) is 23.2. The lowest BCUT2D eigenvalue weighted by Crippen LogP contribution is -2.30. The Balaban J connectivity index is 1.52. The predicted octanol–water partition coefficient (Wildman–Crippen LogP) is 4.70. The van der Waals surface area contributed by atoms with Gasteiger partial charge in [-0.15, -0.1) is 11.3 Å². The first-order valence-electron chi connectivity index (χ1n) is 10.9. The first-order valence-corrected chi connectivity index (χ1v) is 11.7. The van der Waals surface area contributed by atoms with E-state index in [0.29, 0.717) is 35.4 Å². The number of hydrogen-bond donors (Lipinski definition) is 2. The quantitative estimate of drug-likeness (QED) is 0.208. The molecular formula is C25H25N6O2S+. The molecule has 0 atom stereocenters. The molecule has 4 aromatic rings. The summed E-state index contributed by atoms with van der Waals surface area (Å²) >= 11 is 1.46. The van der Waals surface area contributed by atoms with Gasteiger partial charge < -0.3 is 10.6 Å². The van der Waals surface area contributed by atoms with E-state index < -0.39 is 5.91 Å². The van der Waals surface area contributed by atoms with Crippen molar-refractivity contribution in [2.45, 2.75) is 26.3 Å². The van der Waals surface area contributed by atoms with Crippen LogP contribution in [0.25, 0.3) is 11.0 Å². The molecule has 2 N–H and O–H groups in total. The lowest BCUT2D eigenvalue weighted by molar-refractivity contribution is -0.644. The van der Waals surface area contributed by atoms with Crippen molar-refractivity contribution in [3.8, 4) is 0 Å². The Morgan fingerprint density at radius 2 is 2.03 bits per heavy atom. The SMILES string of the molecule is C=NC(=O)c1cc[n+](C)c2c(NCc3cccc(Nc4ccc(C(=O)CCC)s4)c3)ncnc12. The molecular weight excluding hydrogens is 448 g/mol. The number of aryl methyl sites for hydroxylation is 1. The molecule has 0 unspecified atom stereocenters. The van der Waals surface area contributed by atoms with Crippen LogP contribution in [0.4, 0.5) is 16.5 Å².